The lowest BCUT2D eigenvalue weighted by atomic mass is 10.1. The van der Waals surface area contributed by atoms with Crippen LogP contribution in [0.3, 0.4) is 0 Å². The highest BCUT2D eigenvalue weighted by Gasteiger charge is 2.13. The number of rotatable bonds is 7. The fraction of sp³-hybridized carbons (Fsp3) is 0.111. The van der Waals surface area contributed by atoms with Crippen molar-refractivity contribution in [2.45, 2.75) is 0 Å². The van der Waals surface area contributed by atoms with E-state index in [1.807, 2.05) is 29.6 Å². The van der Waals surface area contributed by atoms with Gasteiger partial charge in [0.2, 0.25) is 4.80 Å². The van der Waals surface area contributed by atoms with Crippen LogP contribution < -0.4 is 9.54 Å². The Hall–Kier alpha value is -3.46. The number of nitrogens with zero attached hydrogens (tertiary/aromatic N) is 4. The number of thiazole rings is 1. The van der Waals surface area contributed by atoms with Crippen LogP contribution in [-0.2, 0) is 0 Å². The molecule has 0 N–H and O–H groups in total. The minimum atomic E-state index is -0.597. The van der Waals surface area contributed by atoms with Crippen molar-refractivity contribution in [2.75, 3.05) is 13.7 Å². The molecule has 2 aromatic heterocycles. The summed E-state index contributed by atoms with van der Waals surface area (Å²) in [5.74, 6) is 0.623. The predicted molar refractivity (Wildman–Crippen MR) is 103 cm³/mol. The van der Waals surface area contributed by atoms with E-state index < -0.39 is 4.92 Å². The van der Waals surface area contributed by atoms with E-state index in [1.165, 1.54) is 29.7 Å². The van der Waals surface area contributed by atoms with E-state index in [0.29, 0.717) is 17.1 Å². The highest BCUT2D eigenvalue weighted by Crippen LogP contribution is 2.29. The third-order valence-corrected chi connectivity index (χ3v) is 4.37. The van der Waals surface area contributed by atoms with Gasteiger partial charge in [0.15, 0.2) is 5.76 Å². The Balaban J connectivity index is 2.08. The number of aromatic nitrogens is 1. The van der Waals surface area contributed by atoms with Crippen molar-refractivity contribution >= 4 is 23.4 Å². The van der Waals surface area contributed by atoms with Crippen LogP contribution in [-0.4, -0.2) is 29.5 Å². The maximum absolute atomic E-state index is 10.8. The molecule has 9 heteroatoms. The normalized spacial score (nSPS) is 11.8. The Morgan fingerprint density at radius 3 is 2.89 bits per heavy atom. The van der Waals surface area contributed by atoms with Gasteiger partial charge >= 0.3 is 5.88 Å². The van der Waals surface area contributed by atoms with Crippen molar-refractivity contribution in [1.82, 2.24) is 4.68 Å². The molecular weight excluding hydrogens is 368 g/mol. The number of methoxy groups -OCH3 is 1. The number of furan rings is 1. The molecule has 0 bridgehead atoms. The first-order valence-electron chi connectivity index (χ1n) is 7.88. The van der Waals surface area contributed by atoms with E-state index in [0.717, 1.165) is 11.3 Å². The third kappa shape index (κ3) is 4.04. The molecule has 138 valence electrons. The minimum absolute atomic E-state index is 0.265. The van der Waals surface area contributed by atoms with Crippen molar-refractivity contribution in [2.24, 2.45) is 10.1 Å². The van der Waals surface area contributed by atoms with Gasteiger partial charge in [-0.3, -0.25) is 15.1 Å². The minimum Gasteiger partial charge on any atom is -0.496 e. The summed E-state index contributed by atoms with van der Waals surface area (Å²) >= 11 is 1.42. The highest BCUT2D eigenvalue weighted by molar-refractivity contribution is 7.07. The van der Waals surface area contributed by atoms with E-state index in [4.69, 9.17) is 9.15 Å². The van der Waals surface area contributed by atoms with Gasteiger partial charge in [-0.2, -0.15) is 5.10 Å². The molecule has 0 amide bonds. The molecule has 0 aliphatic heterocycles. The summed E-state index contributed by atoms with van der Waals surface area (Å²) in [6.45, 7) is 4.11. The Morgan fingerprint density at radius 1 is 1.37 bits per heavy atom. The fourth-order valence-electron chi connectivity index (χ4n) is 2.33. The molecule has 0 aliphatic carbocycles. The summed E-state index contributed by atoms with van der Waals surface area (Å²) in [6.07, 6.45) is 3.10. The second-order valence-corrected chi connectivity index (χ2v) is 6.06. The quantitative estimate of drug-likeness (QED) is 0.269. The van der Waals surface area contributed by atoms with Crippen LogP contribution in [0.2, 0.25) is 0 Å². The van der Waals surface area contributed by atoms with E-state index in [-0.39, 0.29) is 11.6 Å². The Morgan fingerprint density at radius 2 is 2.19 bits per heavy atom. The smallest absolute Gasteiger partial charge is 0.433 e. The SMILES string of the molecule is C=CCN=c1scc(-c2ccccc2OC)n1N=Cc1ccc([N+](=O)[O-])o1. The Kier molecular flexibility index (Phi) is 5.62. The average Bonchev–Trinajstić information content (AvgIpc) is 3.31. The first kappa shape index (κ1) is 18.3. The fourth-order valence-corrected chi connectivity index (χ4v) is 3.17. The maximum atomic E-state index is 10.8. The summed E-state index contributed by atoms with van der Waals surface area (Å²) in [6, 6.07) is 10.3. The van der Waals surface area contributed by atoms with Gasteiger partial charge in [-0.15, -0.1) is 17.9 Å². The van der Waals surface area contributed by atoms with Crippen LogP contribution in [0.5, 0.6) is 5.75 Å². The predicted octanol–water partition coefficient (Wildman–Crippen LogP) is 3.70. The van der Waals surface area contributed by atoms with Gasteiger partial charge in [0, 0.05) is 10.9 Å². The lowest BCUT2D eigenvalue weighted by Gasteiger charge is -2.08. The van der Waals surface area contributed by atoms with Gasteiger partial charge in [-0.25, -0.2) is 4.68 Å². The first-order valence-corrected chi connectivity index (χ1v) is 8.76. The Labute approximate surface area is 158 Å². The number of ether oxygens (including phenoxy) is 1. The molecule has 3 aromatic rings. The lowest BCUT2D eigenvalue weighted by molar-refractivity contribution is -0.402. The van der Waals surface area contributed by atoms with Crippen LogP contribution in [0.4, 0.5) is 5.88 Å². The molecule has 3 rings (SSSR count). The summed E-state index contributed by atoms with van der Waals surface area (Å²) in [5.41, 5.74) is 1.62. The molecule has 1 aromatic carbocycles. The summed E-state index contributed by atoms with van der Waals surface area (Å²) in [4.78, 5) is 15.2. The van der Waals surface area contributed by atoms with Crippen molar-refractivity contribution < 1.29 is 14.1 Å². The Bertz CT molecular complexity index is 1060. The van der Waals surface area contributed by atoms with Crippen LogP contribution in [0.1, 0.15) is 5.76 Å². The lowest BCUT2D eigenvalue weighted by Crippen LogP contribution is -2.12. The van der Waals surface area contributed by atoms with Gasteiger partial charge in [0.25, 0.3) is 0 Å². The van der Waals surface area contributed by atoms with Crippen molar-refractivity contribution in [3.8, 4) is 17.0 Å². The number of hydrogen-bond acceptors (Lipinski definition) is 7. The molecular formula is C18H16N4O4S. The summed E-state index contributed by atoms with van der Waals surface area (Å²) < 4.78 is 12.2. The topological polar surface area (TPSA) is 95.2 Å². The molecule has 0 atom stereocenters. The number of benzene rings is 1. The van der Waals surface area contributed by atoms with Gasteiger partial charge in [0.05, 0.1) is 31.6 Å². The van der Waals surface area contributed by atoms with E-state index >= 15 is 0 Å². The van der Waals surface area contributed by atoms with Gasteiger partial charge in [-0.1, -0.05) is 18.2 Å². The van der Waals surface area contributed by atoms with Crippen LogP contribution in [0, 0.1) is 10.1 Å². The van der Waals surface area contributed by atoms with Gasteiger partial charge < -0.3 is 9.15 Å². The molecule has 27 heavy (non-hydrogen) atoms. The van der Waals surface area contributed by atoms with E-state index in [1.54, 1.807) is 17.9 Å². The average molecular weight is 384 g/mol. The molecule has 0 spiro atoms. The maximum Gasteiger partial charge on any atom is 0.433 e. The second kappa shape index (κ2) is 8.28. The first-order chi connectivity index (χ1) is 13.1. The standard InChI is InChI=1S/C18H16N4O4S/c1-3-10-19-18-21(20-11-13-8-9-17(26-13)22(23)24)15(12-27-18)14-6-4-5-7-16(14)25-2/h3-9,11-12H,1,10H2,2H3. The molecule has 0 radical (unpaired) electrons. The molecule has 0 saturated carbocycles. The third-order valence-electron chi connectivity index (χ3n) is 3.52. The number of nitro groups is 1. The van der Waals surface area contributed by atoms with E-state index in [9.17, 15) is 10.1 Å². The molecule has 0 aliphatic rings. The monoisotopic (exact) mass is 384 g/mol. The summed E-state index contributed by atoms with van der Waals surface area (Å²) in [5, 5.41) is 17.1. The zero-order chi connectivity index (χ0) is 19.2. The molecule has 2 heterocycles. The summed E-state index contributed by atoms with van der Waals surface area (Å²) in [7, 11) is 1.60. The van der Waals surface area contributed by atoms with Gasteiger partial charge in [0.1, 0.15) is 10.7 Å². The molecule has 0 saturated heterocycles. The second-order valence-electron chi connectivity index (χ2n) is 5.22. The van der Waals surface area contributed by atoms with E-state index in [2.05, 4.69) is 16.7 Å². The number of para-hydroxylation sites is 1. The van der Waals surface area contributed by atoms with Crippen LogP contribution in [0.15, 0.2) is 68.9 Å². The largest absolute Gasteiger partial charge is 0.496 e. The zero-order valence-corrected chi connectivity index (χ0v) is 15.3. The van der Waals surface area contributed by atoms with Crippen molar-refractivity contribution in [1.29, 1.82) is 0 Å². The molecule has 8 nitrogen and oxygen atoms in total. The number of hydrogen-bond donors (Lipinski definition) is 0. The van der Waals surface area contributed by atoms with Crippen LogP contribution in [0.25, 0.3) is 11.3 Å². The molecule has 0 fully saturated rings. The van der Waals surface area contributed by atoms with Crippen molar-refractivity contribution in [3.05, 3.63) is 75.1 Å². The van der Waals surface area contributed by atoms with Crippen molar-refractivity contribution in [3.63, 3.8) is 0 Å². The van der Waals surface area contributed by atoms with Crippen LogP contribution >= 0.6 is 11.3 Å². The highest BCUT2D eigenvalue weighted by atomic mass is 32.1. The zero-order valence-electron chi connectivity index (χ0n) is 14.4. The molecule has 0 unspecified atom stereocenters. The van der Waals surface area contributed by atoms with Gasteiger partial charge in [-0.05, 0) is 18.2 Å².